The Morgan fingerprint density at radius 1 is 0.902 bits per heavy atom. The van der Waals surface area contributed by atoms with E-state index in [0.29, 0.717) is 13.0 Å². The largest absolute Gasteiger partial charge is 0.388 e. The number of methoxy groups -OCH3 is 2. The van der Waals surface area contributed by atoms with Crippen molar-refractivity contribution in [1.82, 2.24) is 15.1 Å². The van der Waals surface area contributed by atoms with E-state index in [1.807, 2.05) is 76.8 Å². The van der Waals surface area contributed by atoms with Gasteiger partial charge >= 0.3 is 0 Å². The van der Waals surface area contributed by atoms with E-state index in [4.69, 9.17) is 9.47 Å². The smallest absolute Gasteiger partial charge is 0.226 e. The number of ketones is 2. The second-order valence-electron chi connectivity index (χ2n) is 15.6. The summed E-state index contributed by atoms with van der Waals surface area (Å²) in [6.07, 6.45) is 0.834. The van der Waals surface area contributed by atoms with Crippen LogP contribution in [-0.2, 0) is 28.7 Å². The normalized spacial score (nSPS) is 20.3. The molecule has 0 saturated carbocycles. The number of nitrogens with zero attached hydrogens (tertiary/aromatic N) is 2. The Morgan fingerprint density at radius 2 is 1.53 bits per heavy atom. The number of hydrogen-bond donors (Lipinski definition) is 2. The quantitative estimate of drug-likeness (QED) is 0.157. The summed E-state index contributed by atoms with van der Waals surface area (Å²) in [5, 5.41) is 14.0. The Balaban J connectivity index is 2.24. The zero-order chi connectivity index (χ0) is 38.6. The highest BCUT2D eigenvalue weighted by molar-refractivity contribution is 5.90. The van der Waals surface area contributed by atoms with Crippen LogP contribution < -0.4 is 5.32 Å². The van der Waals surface area contributed by atoms with Gasteiger partial charge in [-0.15, -0.1) is 0 Å². The van der Waals surface area contributed by atoms with Crippen molar-refractivity contribution >= 4 is 23.4 Å². The van der Waals surface area contributed by atoms with Crippen LogP contribution in [0.2, 0.25) is 0 Å². The highest BCUT2D eigenvalue weighted by Gasteiger charge is 2.43. The molecule has 0 bridgehead atoms. The number of ether oxygens (including phenoxy) is 2. The molecular weight excluding hydrogens is 646 g/mol. The van der Waals surface area contributed by atoms with Crippen LogP contribution in [0.3, 0.4) is 0 Å². The number of carbonyl (C=O) groups is 4. The minimum absolute atomic E-state index is 0.0111. The second kappa shape index (κ2) is 21.1. The summed E-state index contributed by atoms with van der Waals surface area (Å²) in [5.74, 6) is -1.41. The van der Waals surface area contributed by atoms with Gasteiger partial charge in [-0.05, 0) is 49.1 Å². The molecule has 10 heteroatoms. The number of likely N-dealkylation sites (N-methyl/N-ethyl adjacent to an activating group) is 2. The van der Waals surface area contributed by atoms with E-state index in [2.05, 4.69) is 19.2 Å². The van der Waals surface area contributed by atoms with Crippen molar-refractivity contribution in [3.05, 3.63) is 35.9 Å². The first kappa shape index (κ1) is 44.5. The minimum atomic E-state index is -0.760. The molecule has 0 spiro atoms. The molecule has 2 amide bonds. The zero-order valence-electron chi connectivity index (χ0n) is 33.6. The van der Waals surface area contributed by atoms with Crippen LogP contribution in [0.15, 0.2) is 30.3 Å². The number of aliphatic hydroxyl groups excluding tert-OH is 1. The van der Waals surface area contributed by atoms with E-state index < -0.39 is 36.2 Å². The second-order valence-corrected chi connectivity index (χ2v) is 15.6. The molecule has 0 unspecified atom stereocenters. The van der Waals surface area contributed by atoms with E-state index in [0.717, 1.165) is 18.4 Å². The van der Waals surface area contributed by atoms with Gasteiger partial charge < -0.3 is 29.7 Å². The molecule has 1 fully saturated rings. The fourth-order valence-electron chi connectivity index (χ4n) is 8.01. The van der Waals surface area contributed by atoms with Crippen molar-refractivity contribution in [2.24, 2.45) is 35.5 Å². The maximum atomic E-state index is 14.2. The topological polar surface area (TPSA) is 125 Å². The van der Waals surface area contributed by atoms with Gasteiger partial charge in [-0.1, -0.05) is 92.1 Å². The standard InChI is InChI=1S/C41H69N3O7/c1-13-27(6)38(43(10)41(49)31(25(2)3)23-34(46)37(42-9)26(4)5)35(50-11)24-36(47)44-21-17-20-32(44)40(51-12)29(8)33(45)22-28(7)39(48)30-18-15-14-16-19-30/h14-16,18-19,25-29,31-32,35,37-40,42,48H,13,17,20-24H2,1-12H3/t27-,28-,29-,31-,32-,35+,37-,38-,39+,40+/m0/s1. The minimum Gasteiger partial charge on any atom is -0.388 e. The molecule has 10 atom stereocenters. The molecular formula is C41H69N3O7. The summed E-state index contributed by atoms with van der Waals surface area (Å²) in [4.78, 5) is 58.7. The van der Waals surface area contributed by atoms with Gasteiger partial charge in [0.2, 0.25) is 11.8 Å². The maximum absolute atomic E-state index is 14.2. The van der Waals surface area contributed by atoms with Crippen LogP contribution >= 0.6 is 0 Å². The number of aliphatic hydroxyl groups is 1. The number of amides is 2. The molecule has 290 valence electrons. The monoisotopic (exact) mass is 716 g/mol. The Kier molecular flexibility index (Phi) is 18.4. The Morgan fingerprint density at radius 3 is 2.04 bits per heavy atom. The lowest BCUT2D eigenvalue weighted by molar-refractivity contribution is -0.149. The number of rotatable bonds is 22. The fraction of sp³-hybridized carbons (Fsp3) is 0.756. The van der Waals surface area contributed by atoms with Gasteiger partial charge in [0, 0.05) is 52.5 Å². The number of Topliss-reactive ketones (excluding diaryl/α,β-unsaturated/α-hetero) is 2. The molecule has 1 aromatic rings. The summed E-state index contributed by atoms with van der Waals surface area (Å²) in [6.45, 7) is 16.3. The Bertz CT molecular complexity index is 1240. The molecule has 0 aromatic heterocycles. The number of hydrogen-bond acceptors (Lipinski definition) is 8. The number of benzene rings is 1. The average Bonchev–Trinajstić information content (AvgIpc) is 3.59. The van der Waals surface area contributed by atoms with Gasteiger partial charge in [0.25, 0.3) is 0 Å². The molecule has 51 heavy (non-hydrogen) atoms. The molecule has 1 aromatic carbocycles. The highest BCUT2D eigenvalue weighted by atomic mass is 16.5. The summed E-state index contributed by atoms with van der Waals surface area (Å²) in [5.41, 5.74) is 0.777. The van der Waals surface area contributed by atoms with Crippen molar-refractivity contribution in [2.45, 2.75) is 130 Å². The highest BCUT2D eigenvalue weighted by Crippen LogP contribution is 2.32. The van der Waals surface area contributed by atoms with Gasteiger partial charge in [0.1, 0.15) is 5.78 Å². The third-order valence-corrected chi connectivity index (χ3v) is 11.4. The average molecular weight is 716 g/mol. The zero-order valence-corrected chi connectivity index (χ0v) is 33.6. The van der Waals surface area contributed by atoms with Crippen LogP contribution in [0.1, 0.15) is 106 Å². The molecule has 2 N–H and O–H groups in total. The van der Waals surface area contributed by atoms with Gasteiger partial charge in [-0.25, -0.2) is 0 Å². The van der Waals surface area contributed by atoms with E-state index in [9.17, 15) is 24.3 Å². The van der Waals surface area contributed by atoms with Crippen LogP contribution in [0, 0.1) is 35.5 Å². The molecule has 0 aliphatic carbocycles. The predicted octanol–water partition coefficient (Wildman–Crippen LogP) is 5.71. The molecule has 1 saturated heterocycles. The van der Waals surface area contributed by atoms with Crippen LogP contribution in [0.5, 0.6) is 0 Å². The van der Waals surface area contributed by atoms with Crippen molar-refractivity contribution in [2.75, 3.05) is 34.9 Å². The lowest BCUT2D eigenvalue weighted by Crippen LogP contribution is -2.54. The van der Waals surface area contributed by atoms with Crippen molar-refractivity contribution in [3.8, 4) is 0 Å². The van der Waals surface area contributed by atoms with Gasteiger partial charge in [0.15, 0.2) is 5.78 Å². The SMILES string of the molecule is CC[C@H](C)[C@@H]([C@@H](CC(=O)N1CCC[C@H]1[C@H](OC)[C@@H](C)C(=O)C[C@H](C)[C@@H](O)c1ccccc1)OC)N(C)C(=O)[C@@H](CC(=O)[C@@H](NC)C(C)C)C(C)C. The molecule has 1 aliphatic heterocycles. The van der Waals surface area contributed by atoms with Crippen LogP contribution in [0.25, 0.3) is 0 Å². The summed E-state index contributed by atoms with van der Waals surface area (Å²) in [6, 6.07) is 8.35. The summed E-state index contributed by atoms with van der Waals surface area (Å²) >= 11 is 0. The molecule has 1 heterocycles. The first-order valence-electron chi connectivity index (χ1n) is 19.1. The van der Waals surface area contributed by atoms with Crippen LogP contribution in [0.4, 0.5) is 0 Å². The maximum Gasteiger partial charge on any atom is 0.226 e. The molecule has 1 aliphatic rings. The summed E-state index contributed by atoms with van der Waals surface area (Å²) in [7, 11) is 6.72. The van der Waals surface area contributed by atoms with Crippen molar-refractivity contribution < 1.29 is 33.8 Å². The molecule has 0 radical (unpaired) electrons. The van der Waals surface area contributed by atoms with Crippen LogP contribution in [-0.4, -0.2) is 103 Å². The van der Waals surface area contributed by atoms with E-state index in [1.54, 1.807) is 33.2 Å². The summed E-state index contributed by atoms with van der Waals surface area (Å²) < 4.78 is 12.0. The number of carbonyl (C=O) groups excluding carboxylic acids is 4. The van der Waals surface area contributed by atoms with Gasteiger partial charge in [-0.3, -0.25) is 19.2 Å². The van der Waals surface area contributed by atoms with Crippen molar-refractivity contribution in [3.63, 3.8) is 0 Å². The fourth-order valence-corrected chi connectivity index (χ4v) is 8.01. The lowest BCUT2D eigenvalue weighted by atomic mass is 9.84. The Labute approximate surface area is 308 Å². The lowest BCUT2D eigenvalue weighted by Gasteiger charge is -2.41. The molecule has 10 nitrogen and oxygen atoms in total. The van der Waals surface area contributed by atoms with E-state index >= 15 is 0 Å². The molecule has 2 rings (SSSR count). The first-order valence-corrected chi connectivity index (χ1v) is 19.1. The predicted molar refractivity (Wildman–Crippen MR) is 202 cm³/mol. The third kappa shape index (κ3) is 11.7. The van der Waals surface area contributed by atoms with Gasteiger partial charge in [-0.2, -0.15) is 0 Å². The van der Waals surface area contributed by atoms with E-state index in [-0.39, 0.29) is 78.4 Å². The Hall–Kier alpha value is -2.66. The van der Waals surface area contributed by atoms with Crippen molar-refractivity contribution in [1.29, 1.82) is 0 Å². The third-order valence-electron chi connectivity index (χ3n) is 11.4. The number of likely N-dealkylation sites (tertiary alicyclic amines) is 1. The number of nitrogens with one attached hydrogen (secondary N) is 1. The van der Waals surface area contributed by atoms with E-state index in [1.165, 1.54) is 0 Å². The first-order chi connectivity index (χ1) is 24.0. The van der Waals surface area contributed by atoms with Gasteiger partial charge in [0.05, 0.1) is 42.9 Å².